The summed E-state index contributed by atoms with van der Waals surface area (Å²) in [6.45, 7) is 0.509. The normalized spacial score (nSPS) is 21.6. The molecule has 1 amide bonds. The van der Waals surface area contributed by atoms with Crippen molar-refractivity contribution in [1.29, 1.82) is 0 Å². The Bertz CT molecular complexity index is 415. The van der Waals surface area contributed by atoms with E-state index >= 15 is 0 Å². The van der Waals surface area contributed by atoms with Gasteiger partial charge < -0.3 is 9.88 Å². The number of pyridine rings is 1. The van der Waals surface area contributed by atoms with Crippen LogP contribution in [-0.2, 0) is 4.79 Å². The minimum Gasteiger partial charge on any atom is -0.366 e. The van der Waals surface area contributed by atoms with Gasteiger partial charge in [0.15, 0.2) is 0 Å². The Hall–Kier alpha value is -1.23. The highest BCUT2D eigenvalue weighted by Crippen LogP contribution is 2.20. The third kappa shape index (κ3) is 1.55. The van der Waals surface area contributed by atoms with Crippen molar-refractivity contribution in [2.75, 3.05) is 11.4 Å². The van der Waals surface area contributed by atoms with Gasteiger partial charge in [-0.25, -0.2) is 0 Å². The Morgan fingerprint density at radius 1 is 1.50 bits per heavy atom. The van der Waals surface area contributed by atoms with E-state index in [0.717, 1.165) is 0 Å². The van der Waals surface area contributed by atoms with Crippen molar-refractivity contribution >= 4 is 24.2 Å². The molecule has 5 heteroatoms. The van der Waals surface area contributed by atoms with E-state index in [9.17, 15) is 9.59 Å². The van der Waals surface area contributed by atoms with E-state index in [2.05, 4.69) is 17.6 Å². The van der Waals surface area contributed by atoms with Gasteiger partial charge in [-0.15, -0.1) is 0 Å². The average Bonchev–Trinajstić information content (AvgIpc) is 2.46. The first kappa shape index (κ1) is 9.33. The van der Waals surface area contributed by atoms with Gasteiger partial charge in [0.25, 0.3) is 0 Å². The SMILES string of the molecule is O=C1CC(S)CN1c1c[nH]ccc1=O. The molecule has 1 fully saturated rings. The van der Waals surface area contributed by atoms with Gasteiger partial charge in [0.05, 0.1) is 0 Å². The predicted octanol–water partition coefficient (Wildman–Crippen LogP) is 0.410. The Balaban J connectivity index is 2.37. The van der Waals surface area contributed by atoms with E-state index in [0.29, 0.717) is 18.7 Å². The summed E-state index contributed by atoms with van der Waals surface area (Å²) < 4.78 is 0. The number of rotatable bonds is 1. The number of nitrogens with one attached hydrogen (secondary N) is 1. The molecule has 14 heavy (non-hydrogen) atoms. The molecule has 0 radical (unpaired) electrons. The van der Waals surface area contributed by atoms with Crippen LogP contribution in [-0.4, -0.2) is 22.7 Å². The van der Waals surface area contributed by atoms with E-state index in [1.807, 2.05) is 0 Å². The number of amides is 1. The van der Waals surface area contributed by atoms with Gasteiger partial charge in [-0.3, -0.25) is 9.59 Å². The van der Waals surface area contributed by atoms with Crippen molar-refractivity contribution in [3.05, 3.63) is 28.7 Å². The number of carbonyl (C=O) groups is 1. The summed E-state index contributed by atoms with van der Waals surface area (Å²) in [7, 11) is 0. The van der Waals surface area contributed by atoms with Crippen molar-refractivity contribution in [3.8, 4) is 0 Å². The van der Waals surface area contributed by atoms with Gasteiger partial charge in [0.2, 0.25) is 11.3 Å². The van der Waals surface area contributed by atoms with E-state index in [4.69, 9.17) is 0 Å². The first-order chi connectivity index (χ1) is 6.68. The molecular weight excluding hydrogens is 200 g/mol. The fourth-order valence-corrected chi connectivity index (χ4v) is 1.86. The van der Waals surface area contributed by atoms with Crippen LogP contribution < -0.4 is 10.3 Å². The first-order valence-corrected chi connectivity index (χ1v) is 4.85. The fraction of sp³-hybridized carbons (Fsp3) is 0.333. The topological polar surface area (TPSA) is 53.2 Å². The van der Waals surface area contributed by atoms with E-state index in [1.165, 1.54) is 11.0 Å². The Morgan fingerprint density at radius 2 is 2.29 bits per heavy atom. The lowest BCUT2D eigenvalue weighted by molar-refractivity contribution is -0.117. The van der Waals surface area contributed by atoms with E-state index in [-0.39, 0.29) is 16.6 Å². The van der Waals surface area contributed by atoms with Crippen molar-refractivity contribution in [2.45, 2.75) is 11.7 Å². The number of carbonyl (C=O) groups excluding carboxylic acids is 1. The predicted molar refractivity (Wildman–Crippen MR) is 56.8 cm³/mol. The minimum absolute atomic E-state index is 0.0297. The lowest BCUT2D eigenvalue weighted by Gasteiger charge is -2.14. The van der Waals surface area contributed by atoms with Gasteiger partial charge >= 0.3 is 0 Å². The zero-order valence-corrected chi connectivity index (χ0v) is 8.33. The summed E-state index contributed by atoms with van der Waals surface area (Å²) in [5.41, 5.74) is 0.272. The van der Waals surface area contributed by atoms with Gasteiger partial charge in [-0.2, -0.15) is 12.6 Å². The highest BCUT2D eigenvalue weighted by Gasteiger charge is 2.29. The average molecular weight is 210 g/mol. The third-order valence-corrected chi connectivity index (χ3v) is 2.54. The van der Waals surface area contributed by atoms with Crippen LogP contribution in [0.3, 0.4) is 0 Å². The number of thiol groups is 1. The van der Waals surface area contributed by atoms with Crippen LogP contribution in [0.1, 0.15) is 6.42 Å². The van der Waals surface area contributed by atoms with Crippen LogP contribution in [0, 0.1) is 0 Å². The summed E-state index contributed by atoms with van der Waals surface area (Å²) >= 11 is 4.22. The van der Waals surface area contributed by atoms with E-state index < -0.39 is 0 Å². The molecule has 2 heterocycles. The maximum Gasteiger partial charge on any atom is 0.228 e. The second-order valence-corrected chi connectivity index (χ2v) is 3.99. The molecule has 0 aliphatic carbocycles. The van der Waals surface area contributed by atoms with Crippen LogP contribution in [0.2, 0.25) is 0 Å². The summed E-state index contributed by atoms with van der Waals surface area (Å²) in [5, 5.41) is 0.0297. The molecule has 74 valence electrons. The Morgan fingerprint density at radius 3 is 2.86 bits per heavy atom. The number of H-pyrrole nitrogens is 1. The van der Waals surface area contributed by atoms with Crippen LogP contribution in [0.15, 0.2) is 23.3 Å². The molecule has 0 spiro atoms. The van der Waals surface area contributed by atoms with Gasteiger partial charge in [0, 0.05) is 36.7 Å². The molecular formula is C9H10N2O2S. The second-order valence-electron chi connectivity index (χ2n) is 3.26. The molecule has 1 aliphatic heterocycles. The molecule has 1 aliphatic rings. The molecule has 0 saturated carbocycles. The van der Waals surface area contributed by atoms with Crippen LogP contribution >= 0.6 is 12.6 Å². The molecule has 1 saturated heterocycles. The summed E-state index contributed by atoms with van der Waals surface area (Å²) in [5.74, 6) is -0.0401. The van der Waals surface area contributed by atoms with Crippen molar-refractivity contribution in [1.82, 2.24) is 4.98 Å². The van der Waals surface area contributed by atoms with Crippen molar-refractivity contribution in [2.24, 2.45) is 0 Å². The lowest BCUT2D eigenvalue weighted by Crippen LogP contribution is -2.29. The smallest absolute Gasteiger partial charge is 0.228 e. The Labute approximate surface area is 86.3 Å². The largest absolute Gasteiger partial charge is 0.366 e. The molecule has 2 rings (SSSR count). The van der Waals surface area contributed by atoms with Crippen molar-refractivity contribution < 1.29 is 4.79 Å². The third-order valence-electron chi connectivity index (χ3n) is 2.20. The maximum atomic E-state index is 11.5. The maximum absolute atomic E-state index is 11.5. The molecule has 0 bridgehead atoms. The molecule has 1 unspecified atom stereocenters. The highest BCUT2D eigenvalue weighted by atomic mass is 32.1. The van der Waals surface area contributed by atoms with E-state index in [1.54, 1.807) is 12.4 Å². The number of nitrogens with zero attached hydrogens (tertiary/aromatic N) is 1. The Kier molecular flexibility index (Phi) is 2.33. The molecule has 1 N–H and O–H groups in total. The standard InChI is InChI=1S/C9H10N2O2S/c12-8-1-2-10-4-7(8)11-5-6(14)3-9(11)13/h1-2,4,6,14H,3,5H2,(H,10,12). The number of aromatic amines is 1. The molecule has 4 nitrogen and oxygen atoms in total. The lowest BCUT2D eigenvalue weighted by atomic mass is 10.3. The quantitative estimate of drug-likeness (QED) is 0.660. The van der Waals surface area contributed by atoms with Crippen LogP contribution in [0.25, 0.3) is 0 Å². The summed E-state index contributed by atoms with van der Waals surface area (Å²) in [6, 6.07) is 1.41. The zero-order valence-electron chi connectivity index (χ0n) is 7.43. The zero-order chi connectivity index (χ0) is 10.1. The molecule has 0 aromatic carbocycles. The van der Waals surface area contributed by atoms with Gasteiger partial charge in [0.1, 0.15) is 5.69 Å². The second kappa shape index (κ2) is 3.49. The van der Waals surface area contributed by atoms with Crippen LogP contribution in [0.5, 0.6) is 0 Å². The number of aromatic nitrogens is 1. The summed E-state index contributed by atoms with van der Waals surface area (Å²) in [6.07, 6.45) is 3.49. The molecule has 1 aromatic rings. The minimum atomic E-state index is -0.139. The number of anilines is 1. The summed E-state index contributed by atoms with van der Waals surface area (Å²) in [4.78, 5) is 27.2. The molecule has 1 atom stereocenters. The highest BCUT2D eigenvalue weighted by molar-refractivity contribution is 7.81. The fourth-order valence-electron chi connectivity index (χ4n) is 1.54. The molecule has 1 aromatic heterocycles. The van der Waals surface area contributed by atoms with Gasteiger partial charge in [-0.1, -0.05) is 0 Å². The number of hydrogen-bond donors (Lipinski definition) is 2. The number of hydrogen-bond acceptors (Lipinski definition) is 3. The van der Waals surface area contributed by atoms with Crippen molar-refractivity contribution in [3.63, 3.8) is 0 Å². The first-order valence-electron chi connectivity index (χ1n) is 4.34. The monoisotopic (exact) mass is 210 g/mol. The van der Waals surface area contributed by atoms with Crippen LogP contribution in [0.4, 0.5) is 5.69 Å². The van der Waals surface area contributed by atoms with Gasteiger partial charge in [-0.05, 0) is 0 Å².